The van der Waals surface area contributed by atoms with Gasteiger partial charge in [-0.3, -0.25) is 4.57 Å². The Morgan fingerprint density at radius 2 is 1.74 bits per heavy atom. The molecule has 11 heteroatoms. The fourth-order valence-electron chi connectivity index (χ4n) is 4.39. The van der Waals surface area contributed by atoms with Gasteiger partial charge in [0.15, 0.2) is 17.8 Å². The van der Waals surface area contributed by atoms with Crippen LogP contribution in [0.1, 0.15) is 30.9 Å². The average molecular weight is 564 g/mol. The molecule has 39 heavy (non-hydrogen) atoms. The van der Waals surface area contributed by atoms with Crippen LogP contribution in [0.15, 0.2) is 69.9 Å². The van der Waals surface area contributed by atoms with Gasteiger partial charge in [-0.05, 0) is 59.5 Å². The van der Waals surface area contributed by atoms with Crippen LogP contribution in [0.3, 0.4) is 0 Å². The van der Waals surface area contributed by atoms with Crippen molar-refractivity contribution in [1.29, 1.82) is 0 Å². The molecule has 0 aliphatic rings. The molecule has 3 aromatic carbocycles. The molecule has 1 aromatic heterocycles. The van der Waals surface area contributed by atoms with Crippen molar-refractivity contribution in [2.45, 2.75) is 31.5 Å². The van der Waals surface area contributed by atoms with Crippen molar-refractivity contribution in [2.75, 3.05) is 13.2 Å². The predicted molar refractivity (Wildman–Crippen MR) is 139 cm³/mol. The Morgan fingerprint density at radius 1 is 1.08 bits per heavy atom. The molecule has 4 rings (SSSR count). The van der Waals surface area contributed by atoms with Crippen LogP contribution in [0.4, 0.5) is 13.2 Å². The molecule has 7 nitrogen and oxygen atoms in total. The molecule has 0 fully saturated rings. The number of alkyl halides is 3. The van der Waals surface area contributed by atoms with E-state index >= 15 is 0 Å². The van der Waals surface area contributed by atoms with E-state index in [0.717, 1.165) is 16.7 Å². The highest BCUT2D eigenvalue weighted by atomic mass is 35.5. The Hall–Kier alpha value is -3.76. The number of aromatic nitrogens is 1. The SMILES string of the molecule is CCOC(=O)COc1ccc(-c2ccc([C@@H](C)[C@@](O)(c3ccc4oc(=O)n(C)c4c3)C(F)(F)F)c(Cl)c2)cc1. The van der Waals surface area contributed by atoms with Gasteiger partial charge >= 0.3 is 17.9 Å². The van der Waals surface area contributed by atoms with E-state index in [1.54, 1.807) is 37.3 Å². The van der Waals surface area contributed by atoms with Crippen molar-refractivity contribution in [3.05, 3.63) is 87.4 Å². The molecule has 0 aliphatic carbocycles. The van der Waals surface area contributed by atoms with Crippen LogP contribution in [0.2, 0.25) is 5.02 Å². The number of hydrogen-bond donors (Lipinski definition) is 1. The predicted octanol–water partition coefficient (Wildman–Crippen LogP) is 5.95. The first-order valence-corrected chi connectivity index (χ1v) is 12.3. The highest BCUT2D eigenvalue weighted by Gasteiger charge is 2.59. The number of oxazole rings is 1. The second-order valence-corrected chi connectivity index (χ2v) is 9.36. The highest BCUT2D eigenvalue weighted by Crippen LogP contribution is 2.50. The summed E-state index contributed by atoms with van der Waals surface area (Å²) in [4.78, 5) is 23.3. The number of carbonyl (C=O) groups is 1. The Morgan fingerprint density at radius 3 is 2.36 bits per heavy atom. The number of fused-ring (bicyclic) bond motifs is 1. The van der Waals surface area contributed by atoms with Crippen LogP contribution in [-0.2, 0) is 22.2 Å². The van der Waals surface area contributed by atoms with Crippen molar-refractivity contribution < 1.29 is 37.0 Å². The number of aryl methyl sites for hydroxylation is 1. The summed E-state index contributed by atoms with van der Waals surface area (Å²) in [5, 5.41) is 11.2. The van der Waals surface area contributed by atoms with Gasteiger partial charge in [-0.2, -0.15) is 13.2 Å². The monoisotopic (exact) mass is 563 g/mol. The van der Waals surface area contributed by atoms with E-state index in [-0.39, 0.29) is 34.9 Å². The summed E-state index contributed by atoms with van der Waals surface area (Å²) < 4.78 is 59.7. The molecule has 0 amide bonds. The summed E-state index contributed by atoms with van der Waals surface area (Å²) in [7, 11) is 1.36. The molecular weight excluding hydrogens is 539 g/mol. The summed E-state index contributed by atoms with van der Waals surface area (Å²) >= 11 is 6.47. The minimum absolute atomic E-state index is 0.0297. The fourth-order valence-corrected chi connectivity index (χ4v) is 4.74. The van der Waals surface area contributed by atoms with E-state index in [4.69, 9.17) is 25.5 Å². The van der Waals surface area contributed by atoms with E-state index in [1.165, 1.54) is 32.2 Å². The van der Waals surface area contributed by atoms with Gasteiger partial charge in [0.25, 0.3) is 0 Å². The Bertz CT molecular complexity index is 1560. The lowest BCUT2D eigenvalue weighted by molar-refractivity contribution is -0.274. The maximum Gasteiger partial charge on any atom is 0.422 e. The maximum absolute atomic E-state index is 14.5. The summed E-state index contributed by atoms with van der Waals surface area (Å²) in [5.41, 5.74) is -2.15. The van der Waals surface area contributed by atoms with E-state index in [0.29, 0.717) is 16.9 Å². The van der Waals surface area contributed by atoms with E-state index < -0.39 is 35.0 Å². The number of ether oxygens (including phenoxy) is 2. The van der Waals surface area contributed by atoms with Crippen molar-refractivity contribution >= 4 is 28.7 Å². The van der Waals surface area contributed by atoms with Crippen LogP contribution in [-0.4, -0.2) is 35.0 Å². The largest absolute Gasteiger partial charge is 0.482 e. The van der Waals surface area contributed by atoms with E-state index in [1.807, 2.05) is 0 Å². The molecule has 0 saturated carbocycles. The second kappa shape index (κ2) is 10.8. The molecule has 4 aromatic rings. The zero-order valence-electron chi connectivity index (χ0n) is 21.2. The number of halogens is 4. The molecule has 0 unspecified atom stereocenters. The van der Waals surface area contributed by atoms with Gasteiger partial charge in [0, 0.05) is 18.0 Å². The summed E-state index contributed by atoms with van der Waals surface area (Å²) in [6.07, 6.45) is -5.08. The smallest absolute Gasteiger partial charge is 0.422 e. The van der Waals surface area contributed by atoms with Gasteiger partial charge < -0.3 is 19.0 Å². The van der Waals surface area contributed by atoms with Crippen molar-refractivity contribution in [2.24, 2.45) is 7.05 Å². The van der Waals surface area contributed by atoms with Crippen LogP contribution >= 0.6 is 11.6 Å². The molecule has 0 aliphatic heterocycles. The summed E-state index contributed by atoms with van der Waals surface area (Å²) in [5.74, 6) is -2.31. The number of hydrogen-bond acceptors (Lipinski definition) is 6. The molecule has 0 spiro atoms. The molecule has 0 saturated heterocycles. The van der Waals surface area contributed by atoms with Crippen LogP contribution < -0.4 is 10.5 Å². The lowest BCUT2D eigenvalue weighted by atomic mass is 9.77. The molecule has 0 radical (unpaired) electrons. The van der Waals surface area contributed by atoms with Gasteiger partial charge in [-0.25, -0.2) is 9.59 Å². The minimum atomic E-state index is -5.08. The summed E-state index contributed by atoms with van der Waals surface area (Å²) in [6.45, 7) is 2.94. The van der Waals surface area contributed by atoms with E-state index in [2.05, 4.69) is 0 Å². The number of nitrogens with zero attached hydrogens (tertiary/aromatic N) is 1. The third-order valence-corrected chi connectivity index (χ3v) is 6.93. The Kier molecular flexibility index (Phi) is 7.81. The van der Waals surface area contributed by atoms with Gasteiger partial charge in [-0.15, -0.1) is 0 Å². The Balaban J connectivity index is 1.64. The zero-order chi connectivity index (χ0) is 28.5. The fraction of sp³-hybridized carbons (Fsp3) is 0.286. The van der Waals surface area contributed by atoms with Crippen molar-refractivity contribution in [3.8, 4) is 16.9 Å². The minimum Gasteiger partial charge on any atom is -0.482 e. The second-order valence-electron chi connectivity index (χ2n) is 8.95. The molecule has 1 N–H and O–H groups in total. The normalized spacial score (nSPS) is 14.2. The third kappa shape index (κ3) is 5.39. The first-order chi connectivity index (χ1) is 18.4. The van der Waals surface area contributed by atoms with Crippen molar-refractivity contribution in [1.82, 2.24) is 4.57 Å². The highest BCUT2D eigenvalue weighted by molar-refractivity contribution is 6.31. The van der Waals surface area contributed by atoms with Crippen LogP contribution in [0.25, 0.3) is 22.2 Å². The topological polar surface area (TPSA) is 90.9 Å². The average Bonchev–Trinajstić information content (AvgIpc) is 3.19. The molecule has 0 bridgehead atoms. The maximum atomic E-state index is 14.5. The molecule has 2 atom stereocenters. The number of aliphatic hydroxyl groups is 1. The number of carbonyl (C=O) groups excluding carboxylic acids is 1. The lowest BCUT2D eigenvalue weighted by Crippen LogP contribution is -2.46. The van der Waals surface area contributed by atoms with Gasteiger partial charge in [0.05, 0.1) is 12.1 Å². The standard InChI is InChI=1S/C28H25ClF3NO6/c1-4-37-25(34)15-38-20-9-5-17(6-10-20)18-7-11-21(22(29)13-18)16(2)27(36,28(30,31)32)19-8-12-24-23(14-19)33(3)26(35)39-24/h5-14,16,36H,4,15H2,1-3H3/t16-,27-/m1/s1. The molecule has 1 heterocycles. The zero-order valence-corrected chi connectivity index (χ0v) is 22.0. The van der Waals surface area contributed by atoms with E-state index in [9.17, 15) is 27.9 Å². The van der Waals surface area contributed by atoms with Crippen molar-refractivity contribution in [3.63, 3.8) is 0 Å². The summed E-state index contributed by atoms with van der Waals surface area (Å²) in [6, 6.07) is 14.7. The first-order valence-electron chi connectivity index (χ1n) is 11.9. The van der Waals surface area contributed by atoms with Gasteiger partial charge in [-0.1, -0.05) is 48.9 Å². The number of esters is 1. The Labute approximate surface area is 226 Å². The quantitative estimate of drug-likeness (QED) is 0.267. The van der Waals surface area contributed by atoms with Crippen LogP contribution in [0, 0.1) is 0 Å². The first kappa shape index (κ1) is 28.3. The number of rotatable bonds is 8. The third-order valence-electron chi connectivity index (χ3n) is 6.61. The number of benzene rings is 3. The molecular formula is C28H25ClF3NO6. The van der Waals surface area contributed by atoms with Gasteiger partial charge in [0.1, 0.15) is 5.75 Å². The lowest BCUT2D eigenvalue weighted by Gasteiger charge is -2.37. The van der Waals surface area contributed by atoms with Crippen LogP contribution in [0.5, 0.6) is 5.75 Å². The van der Waals surface area contributed by atoms with Gasteiger partial charge in [0.2, 0.25) is 0 Å². The molecule has 206 valence electrons.